The molecule has 6 heteroatoms. The second-order valence-corrected chi connectivity index (χ2v) is 5.40. The van der Waals surface area contributed by atoms with E-state index in [1.165, 1.54) is 4.90 Å². The van der Waals surface area contributed by atoms with Crippen molar-refractivity contribution in [2.45, 2.75) is 50.9 Å². The molecule has 0 amide bonds. The zero-order valence-corrected chi connectivity index (χ0v) is 11.1. The fourth-order valence-electron chi connectivity index (χ4n) is 2.02. The fraction of sp³-hybridized carbons (Fsp3) is 1.00. The third kappa shape index (κ3) is 5.54. The van der Waals surface area contributed by atoms with Gasteiger partial charge in [0.05, 0.1) is 18.7 Å². The highest BCUT2D eigenvalue weighted by atomic mass is 19.4. The van der Waals surface area contributed by atoms with E-state index in [1.54, 1.807) is 6.92 Å². The van der Waals surface area contributed by atoms with E-state index in [2.05, 4.69) is 5.32 Å². The Morgan fingerprint density at radius 3 is 2.28 bits per heavy atom. The van der Waals surface area contributed by atoms with Gasteiger partial charge in [-0.25, -0.2) is 0 Å². The number of nitrogens with zero attached hydrogens (tertiary/aromatic N) is 1. The van der Waals surface area contributed by atoms with Gasteiger partial charge in [0.25, 0.3) is 0 Å². The van der Waals surface area contributed by atoms with Crippen LogP contribution in [0.1, 0.15) is 33.1 Å². The molecule has 1 rings (SSSR count). The van der Waals surface area contributed by atoms with E-state index >= 15 is 0 Å². The molecule has 0 heterocycles. The molecule has 1 aliphatic carbocycles. The second kappa shape index (κ2) is 6.21. The number of alkyl halides is 3. The first-order valence-corrected chi connectivity index (χ1v) is 6.46. The highest BCUT2D eigenvalue weighted by molar-refractivity contribution is 4.93. The van der Waals surface area contributed by atoms with E-state index in [0.717, 1.165) is 19.3 Å². The Balaban J connectivity index is 2.57. The summed E-state index contributed by atoms with van der Waals surface area (Å²) in [4.78, 5) is 1.44. The molecule has 0 aliphatic heterocycles. The van der Waals surface area contributed by atoms with Crippen LogP contribution in [-0.4, -0.2) is 54.0 Å². The lowest BCUT2D eigenvalue weighted by molar-refractivity contribution is -0.149. The van der Waals surface area contributed by atoms with Crippen molar-refractivity contribution >= 4 is 0 Å². The quantitative estimate of drug-likeness (QED) is 0.704. The van der Waals surface area contributed by atoms with Crippen molar-refractivity contribution in [2.24, 2.45) is 0 Å². The SMILES string of the molecule is CCCNC(C)(CO)CN(CC(F)(F)F)C1CC1. The van der Waals surface area contributed by atoms with Crippen molar-refractivity contribution in [1.82, 2.24) is 10.2 Å². The molecular weight excluding hydrogens is 245 g/mol. The van der Waals surface area contributed by atoms with E-state index in [-0.39, 0.29) is 19.2 Å². The number of hydrogen-bond donors (Lipinski definition) is 2. The Bertz CT molecular complexity index is 256. The number of rotatable bonds is 8. The summed E-state index contributed by atoms with van der Waals surface area (Å²) in [7, 11) is 0. The molecule has 0 aromatic heterocycles. The van der Waals surface area contributed by atoms with Crippen LogP contribution < -0.4 is 5.32 Å². The zero-order chi connectivity index (χ0) is 13.8. The minimum Gasteiger partial charge on any atom is -0.394 e. The average molecular weight is 268 g/mol. The van der Waals surface area contributed by atoms with Crippen molar-refractivity contribution in [3.05, 3.63) is 0 Å². The van der Waals surface area contributed by atoms with Gasteiger partial charge in [0.15, 0.2) is 0 Å². The number of aliphatic hydroxyl groups excluding tert-OH is 1. The van der Waals surface area contributed by atoms with Crippen LogP contribution in [0.25, 0.3) is 0 Å². The minimum atomic E-state index is -4.18. The van der Waals surface area contributed by atoms with Gasteiger partial charge in [-0.15, -0.1) is 0 Å². The van der Waals surface area contributed by atoms with Crippen LogP contribution in [0.15, 0.2) is 0 Å². The van der Waals surface area contributed by atoms with Crippen molar-refractivity contribution in [3.63, 3.8) is 0 Å². The molecule has 0 aromatic carbocycles. The first-order valence-electron chi connectivity index (χ1n) is 6.46. The monoisotopic (exact) mass is 268 g/mol. The third-order valence-corrected chi connectivity index (χ3v) is 3.15. The molecule has 1 saturated carbocycles. The van der Waals surface area contributed by atoms with E-state index in [0.29, 0.717) is 6.54 Å². The maximum Gasteiger partial charge on any atom is 0.401 e. The normalized spacial score (nSPS) is 20.2. The molecule has 2 N–H and O–H groups in total. The zero-order valence-electron chi connectivity index (χ0n) is 11.1. The van der Waals surface area contributed by atoms with Gasteiger partial charge in [0.1, 0.15) is 0 Å². The van der Waals surface area contributed by atoms with E-state index in [1.807, 2.05) is 6.92 Å². The van der Waals surface area contributed by atoms with Gasteiger partial charge >= 0.3 is 6.18 Å². The summed E-state index contributed by atoms with van der Waals surface area (Å²) < 4.78 is 37.5. The Hall–Kier alpha value is -0.330. The summed E-state index contributed by atoms with van der Waals surface area (Å²) in [5.74, 6) is 0. The van der Waals surface area contributed by atoms with Crippen LogP contribution in [-0.2, 0) is 0 Å². The molecule has 1 atom stereocenters. The lowest BCUT2D eigenvalue weighted by Crippen LogP contribution is -2.56. The fourth-order valence-corrected chi connectivity index (χ4v) is 2.02. The van der Waals surface area contributed by atoms with Gasteiger partial charge < -0.3 is 10.4 Å². The highest BCUT2D eigenvalue weighted by Gasteiger charge is 2.40. The lowest BCUT2D eigenvalue weighted by atomic mass is 10.0. The molecule has 108 valence electrons. The third-order valence-electron chi connectivity index (χ3n) is 3.15. The van der Waals surface area contributed by atoms with E-state index in [9.17, 15) is 18.3 Å². The number of halogens is 3. The Morgan fingerprint density at radius 1 is 1.28 bits per heavy atom. The van der Waals surface area contributed by atoms with Gasteiger partial charge in [-0.3, -0.25) is 4.90 Å². The first kappa shape index (κ1) is 15.7. The van der Waals surface area contributed by atoms with Crippen LogP contribution in [0, 0.1) is 0 Å². The maximum absolute atomic E-state index is 12.5. The first-order chi connectivity index (χ1) is 8.29. The largest absolute Gasteiger partial charge is 0.401 e. The summed E-state index contributed by atoms with van der Waals surface area (Å²) in [5.41, 5.74) is -0.663. The molecule has 1 fully saturated rings. The second-order valence-electron chi connectivity index (χ2n) is 5.40. The Morgan fingerprint density at radius 2 is 1.89 bits per heavy atom. The molecule has 18 heavy (non-hydrogen) atoms. The topological polar surface area (TPSA) is 35.5 Å². The molecule has 1 aliphatic rings. The molecule has 3 nitrogen and oxygen atoms in total. The Kier molecular flexibility index (Phi) is 5.43. The van der Waals surface area contributed by atoms with Crippen LogP contribution in [0.2, 0.25) is 0 Å². The average Bonchev–Trinajstić information content (AvgIpc) is 3.07. The molecule has 0 radical (unpaired) electrons. The molecule has 1 unspecified atom stereocenters. The van der Waals surface area contributed by atoms with Crippen LogP contribution >= 0.6 is 0 Å². The predicted molar refractivity (Wildman–Crippen MR) is 64.4 cm³/mol. The summed E-state index contributed by atoms with van der Waals surface area (Å²) in [6, 6.07) is 0.0286. The molecule has 0 spiro atoms. The van der Waals surface area contributed by atoms with Crippen molar-refractivity contribution in [3.8, 4) is 0 Å². The predicted octanol–water partition coefficient (Wildman–Crippen LogP) is 1.76. The molecule has 0 saturated heterocycles. The smallest absolute Gasteiger partial charge is 0.394 e. The summed E-state index contributed by atoms with van der Waals surface area (Å²) >= 11 is 0. The lowest BCUT2D eigenvalue weighted by Gasteiger charge is -2.35. The standard InChI is InChI=1S/C12H23F3N2O/c1-3-6-16-11(2,9-18)7-17(10-4-5-10)8-12(13,14)15/h10,16,18H,3-9H2,1-2H3. The van der Waals surface area contributed by atoms with Crippen LogP contribution in [0.3, 0.4) is 0 Å². The van der Waals surface area contributed by atoms with Crippen molar-refractivity contribution in [1.29, 1.82) is 0 Å². The number of hydrogen-bond acceptors (Lipinski definition) is 3. The van der Waals surface area contributed by atoms with Gasteiger partial charge in [-0.05, 0) is 32.7 Å². The van der Waals surface area contributed by atoms with Crippen molar-refractivity contribution in [2.75, 3.05) is 26.2 Å². The maximum atomic E-state index is 12.5. The highest BCUT2D eigenvalue weighted by Crippen LogP contribution is 2.31. The summed E-state index contributed by atoms with van der Waals surface area (Å²) in [6.07, 6.45) is -1.64. The Labute approximate surface area is 106 Å². The van der Waals surface area contributed by atoms with Crippen LogP contribution in [0.5, 0.6) is 0 Å². The minimum absolute atomic E-state index is 0.0286. The van der Waals surface area contributed by atoms with Gasteiger partial charge in [0.2, 0.25) is 0 Å². The number of nitrogens with one attached hydrogen (secondary N) is 1. The van der Waals surface area contributed by atoms with Crippen molar-refractivity contribution < 1.29 is 18.3 Å². The summed E-state index contributed by atoms with van der Waals surface area (Å²) in [6.45, 7) is 3.64. The van der Waals surface area contributed by atoms with Gasteiger partial charge in [0, 0.05) is 12.6 Å². The summed E-state index contributed by atoms with van der Waals surface area (Å²) in [5, 5.41) is 12.5. The molecule has 0 aromatic rings. The van der Waals surface area contributed by atoms with Gasteiger partial charge in [-0.2, -0.15) is 13.2 Å². The van der Waals surface area contributed by atoms with E-state index < -0.39 is 18.3 Å². The molecular formula is C12H23F3N2O. The molecule has 0 bridgehead atoms. The van der Waals surface area contributed by atoms with Crippen LogP contribution in [0.4, 0.5) is 13.2 Å². The number of aliphatic hydroxyl groups is 1. The van der Waals surface area contributed by atoms with Gasteiger partial charge in [-0.1, -0.05) is 6.92 Å². The van der Waals surface area contributed by atoms with E-state index in [4.69, 9.17) is 0 Å².